The smallest absolute Gasteiger partial charge is 0.258 e. The zero-order chi connectivity index (χ0) is 15.6. The van der Waals surface area contributed by atoms with Crippen LogP contribution in [0, 0.1) is 11.6 Å². The summed E-state index contributed by atoms with van der Waals surface area (Å²) in [6, 6.07) is 8.83. The molecular formula is C16H16F2N2O. The Kier molecular flexibility index (Phi) is 4.21. The summed E-state index contributed by atoms with van der Waals surface area (Å²) in [7, 11) is 0. The van der Waals surface area contributed by atoms with Gasteiger partial charge in [-0.05, 0) is 29.7 Å². The lowest BCUT2D eigenvalue weighted by atomic mass is 10.0. The van der Waals surface area contributed by atoms with Gasteiger partial charge in [0.05, 0.1) is 11.3 Å². The molecule has 0 aliphatic carbocycles. The molecule has 0 saturated heterocycles. The SMILES string of the molecule is CC(C)c1ccc(NC(=O)c2cc(N)c(F)cc2F)cc1. The number of nitrogens with one attached hydrogen (secondary N) is 1. The third-order valence-electron chi connectivity index (χ3n) is 3.17. The van der Waals surface area contributed by atoms with Crippen LogP contribution >= 0.6 is 0 Å². The molecule has 3 N–H and O–H groups in total. The molecule has 3 nitrogen and oxygen atoms in total. The van der Waals surface area contributed by atoms with Gasteiger partial charge >= 0.3 is 0 Å². The van der Waals surface area contributed by atoms with Gasteiger partial charge in [-0.2, -0.15) is 0 Å². The number of nitrogen functional groups attached to an aromatic ring is 1. The van der Waals surface area contributed by atoms with Crippen LogP contribution in [0.2, 0.25) is 0 Å². The van der Waals surface area contributed by atoms with Crippen LogP contribution in [0.4, 0.5) is 20.2 Å². The second kappa shape index (κ2) is 5.91. The molecule has 0 aliphatic heterocycles. The average Bonchev–Trinajstić information content (AvgIpc) is 2.43. The molecule has 21 heavy (non-hydrogen) atoms. The summed E-state index contributed by atoms with van der Waals surface area (Å²) in [6.45, 7) is 4.12. The Balaban J connectivity index is 2.20. The van der Waals surface area contributed by atoms with Gasteiger partial charge in [-0.15, -0.1) is 0 Å². The Bertz CT molecular complexity index is 667. The standard InChI is InChI=1S/C16H16F2N2O/c1-9(2)10-3-5-11(6-4-10)20-16(21)12-7-15(19)14(18)8-13(12)17/h3-9H,19H2,1-2H3,(H,20,21). The van der Waals surface area contributed by atoms with Gasteiger partial charge in [0.15, 0.2) is 0 Å². The molecule has 0 unspecified atom stereocenters. The van der Waals surface area contributed by atoms with Crippen molar-refractivity contribution >= 4 is 17.3 Å². The lowest BCUT2D eigenvalue weighted by Gasteiger charge is -2.09. The van der Waals surface area contributed by atoms with Gasteiger partial charge in [-0.3, -0.25) is 4.79 Å². The van der Waals surface area contributed by atoms with E-state index >= 15 is 0 Å². The fraction of sp³-hybridized carbons (Fsp3) is 0.188. The van der Waals surface area contributed by atoms with Crippen LogP contribution in [-0.2, 0) is 0 Å². The number of amides is 1. The van der Waals surface area contributed by atoms with Crippen molar-refractivity contribution in [3.8, 4) is 0 Å². The molecule has 2 rings (SSSR count). The van der Waals surface area contributed by atoms with Crippen LogP contribution < -0.4 is 11.1 Å². The van der Waals surface area contributed by atoms with Crippen LogP contribution in [0.5, 0.6) is 0 Å². The Labute approximate surface area is 121 Å². The average molecular weight is 290 g/mol. The molecule has 0 saturated carbocycles. The second-order valence-electron chi connectivity index (χ2n) is 5.08. The number of halogens is 2. The van der Waals surface area contributed by atoms with Crippen LogP contribution in [0.15, 0.2) is 36.4 Å². The Morgan fingerprint density at radius 3 is 2.29 bits per heavy atom. The second-order valence-corrected chi connectivity index (χ2v) is 5.08. The maximum Gasteiger partial charge on any atom is 0.258 e. The predicted molar refractivity (Wildman–Crippen MR) is 79.3 cm³/mol. The number of rotatable bonds is 3. The molecule has 2 aromatic rings. The molecule has 0 aliphatic rings. The normalized spacial score (nSPS) is 10.7. The molecule has 0 spiro atoms. The molecule has 0 fully saturated rings. The van der Waals surface area contributed by atoms with Gasteiger partial charge in [0.2, 0.25) is 0 Å². The van der Waals surface area contributed by atoms with Crippen LogP contribution in [0.1, 0.15) is 35.7 Å². The molecule has 0 radical (unpaired) electrons. The highest BCUT2D eigenvalue weighted by atomic mass is 19.1. The van der Waals surface area contributed by atoms with Crippen LogP contribution in [0.3, 0.4) is 0 Å². The number of anilines is 2. The van der Waals surface area contributed by atoms with E-state index in [9.17, 15) is 13.6 Å². The molecule has 110 valence electrons. The Morgan fingerprint density at radius 2 is 1.71 bits per heavy atom. The third-order valence-corrected chi connectivity index (χ3v) is 3.17. The Morgan fingerprint density at radius 1 is 1.10 bits per heavy atom. The maximum absolute atomic E-state index is 13.6. The van der Waals surface area contributed by atoms with Crippen molar-refractivity contribution in [2.75, 3.05) is 11.1 Å². The first-order chi connectivity index (χ1) is 9.88. The largest absolute Gasteiger partial charge is 0.396 e. The topological polar surface area (TPSA) is 55.1 Å². The third kappa shape index (κ3) is 3.37. The number of hydrogen-bond donors (Lipinski definition) is 2. The van der Waals surface area contributed by atoms with E-state index in [-0.39, 0.29) is 11.3 Å². The zero-order valence-electron chi connectivity index (χ0n) is 11.8. The monoisotopic (exact) mass is 290 g/mol. The van der Waals surface area contributed by atoms with Crippen molar-refractivity contribution in [2.45, 2.75) is 19.8 Å². The molecule has 0 bridgehead atoms. The van der Waals surface area contributed by atoms with Gasteiger partial charge in [0.25, 0.3) is 5.91 Å². The summed E-state index contributed by atoms with van der Waals surface area (Å²) in [5.74, 6) is -2.12. The highest BCUT2D eigenvalue weighted by Gasteiger charge is 2.15. The number of carbonyl (C=O) groups excluding carboxylic acids is 1. The van der Waals surface area contributed by atoms with Crippen molar-refractivity contribution in [1.29, 1.82) is 0 Å². The van der Waals surface area contributed by atoms with E-state index in [4.69, 9.17) is 5.73 Å². The highest BCUT2D eigenvalue weighted by Crippen LogP contribution is 2.20. The Hall–Kier alpha value is -2.43. The fourth-order valence-corrected chi connectivity index (χ4v) is 1.89. The van der Waals surface area contributed by atoms with Gasteiger partial charge in [-0.1, -0.05) is 26.0 Å². The summed E-state index contributed by atoms with van der Waals surface area (Å²) in [5, 5.41) is 2.55. The van der Waals surface area contributed by atoms with Gasteiger partial charge < -0.3 is 11.1 Å². The van der Waals surface area contributed by atoms with Gasteiger partial charge in [0, 0.05) is 11.8 Å². The van der Waals surface area contributed by atoms with Crippen LogP contribution in [0.25, 0.3) is 0 Å². The van der Waals surface area contributed by atoms with E-state index in [0.29, 0.717) is 17.7 Å². The quantitative estimate of drug-likeness (QED) is 0.842. The number of nitrogens with two attached hydrogens (primary N) is 1. The van der Waals surface area contributed by atoms with E-state index < -0.39 is 17.5 Å². The summed E-state index contributed by atoms with van der Waals surface area (Å²) in [6.07, 6.45) is 0. The zero-order valence-corrected chi connectivity index (χ0v) is 11.8. The van der Waals surface area contributed by atoms with E-state index in [1.807, 2.05) is 12.1 Å². The van der Waals surface area contributed by atoms with Gasteiger partial charge in [0.1, 0.15) is 11.6 Å². The molecule has 0 atom stereocenters. The first kappa shape index (κ1) is 15.0. The van der Waals surface area contributed by atoms with Crippen molar-refractivity contribution in [1.82, 2.24) is 0 Å². The lowest BCUT2D eigenvalue weighted by molar-refractivity contribution is 0.102. The first-order valence-corrected chi connectivity index (χ1v) is 6.54. The van der Waals surface area contributed by atoms with E-state index in [0.717, 1.165) is 11.6 Å². The summed E-state index contributed by atoms with van der Waals surface area (Å²) in [4.78, 5) is 12.0. The summed E-state index contributed by atoms with van der Waals surface area (Å²) < 4.78 is 26.7. The van der Waals surface area contributed by atoms with Crippen molar-refractivity contribution < 1.29 is 13.6 Å². The summed E-state index contributed by atoms with van der Waals surface area (Å²) in [5.41, 5.74) is 6.46. The number of benzene rings is 2. The molecule has 0 aromatic heterocycles. The molecule has 2 aromatic carbocycles. The number of hydrogen-bond acceptors (Lipinski definition) is 2. The molecule has 1 amide bonds. The van der Waals surface area contributed by atoms with Crippen molar-refractivity contribution in [2.24, 2.45) is 0 Å². The van der Waals surface area contributed by atoms with E-state index in [1.165, 1.54) is 0 Å². The minimum absolute atomic E-state index is 0.267. The van der Waals surface area contributed by atoms with Crippen molar-refractivity contribution in [3.05, 3.63) is 59.2 Å². The lowest BCUT2D eigenvalue weighted by Crippen LogP contribution is -2.14. The van der Waals surface area contributed by atoms with Crippen LogP contribution in [-0.4, -0.2) is 5.91 Å². The molecular weight excluding hydrogens is 274 g/mol. The van der Waals surface area contributed by atoms with Crippen molar-refractivity contribution in [3.63, 3.8) is 0 Å². The molecule has 0 heterocycles. The highest BCUT2D eigenvalue weighted by molar-refractivity contribution is 6.05. The predicted octanol–water partition coefficient (Wildman–Crippen LogP) is 3.92. The number of carbonyl (C=O) groups is 1. The van der Waals surface area contributed by atoms with E-state index in [1.54, 1.807) is 12.1 Å². The fourth-order valence-electron chi connectivity index (χ4n) is 1.89. The first-order valence-electron chi connectivity index (χ1n) is 6.54. The summed E-state index contributed by atoms with van der Waals surface area (Å²) >= 11 is 0. The minimum Gasteiger partial charge on any atom is -0.396 e. The van der Waals surface area contributed by atoms with E-state index in [2.05, 4.69) is 19.2 Å². The van der Waals surface area contributed by atoms with Gasteiger partial charge in [-0.25, -0.2) is 8.78 Å². The minimum atomic E-state index is -0.946. The maximum atomic E-state index is 13.6. The molecule has 5 heteroatoms.